The molecule has 2 saturated heterocycles. The Bertz CT molecular complexity index is 834. The van der Waals surface area contributed by atoms with Crippen molar-refractivity contribution in [1.29, 1.82) is 0 Å². The highest BCUT2D eigenvalue weighted by atomic mass is 16.5. The molecule has 4 rings (SSSR count). The number of likely N-dealkylation sites (tertiary alicyclic amines) is 2. The van der Waals surface area contributed by atoms with Crippen LogP contribution in [0.15, 0.2) is 48.5 Å². The van der Waals surface area contributed by atoms with Crippen LogP contribution >= 0.6 is 0 Å². The monoisotopic (exact) mass is 394 g/mol. The van der Waals surface area contributed by atoms with E-state index in [0.717, 1.165) is 43.0 Å². The van der Waals surface area contributed by atoms with Gasteiger partial charge in [-0.25, -0.2) is 0 Å². The summed E-state index contributed by atoms with van der Waals surface area (Å²) in [5, 5.41) is 0. The van der Waals surface area contributed by atoms with E-state index in [1.165, 1.54) is 5.56 Å². The lowest BCUT2D eigenvalue weighted by Gasteiger charge is -2.41. The third-order valence-electron chi connectivity index (χ3n) is 6.49. The first-order chi connectivity index (χ1) is 14.1. The molecule has 5 nitrogen and oxygen atoms in total. The van der Waals surface area contributed by atoms with E-state index in [9.17, 15) is 4.79 Å². The minimum Gasteiger partial charge on any atom is -0.497 e. The first-order valence-electron chi connectivity index (χ1n) is 10.4. The molecule has 0 unspecified atom stereocenters. The first kappa shape index (κ1) is 19.8. The Balaban J connectivity index is 1.55. The maximum atomic E-state index is 13.3. The maximum Gasteiger partial charge on any atom is 0.227 e. The van der Waals surface area contributed by atoms with E-state index in [-0.39, 0.29) is 11.9 Å². The average molecular weight is 395 g/mol. The zero-order valence-corrected chi connectivity index (χ0v) is 17.5. The SMILES string of the molecule is COc1ccc(CC(=O)N2CCC[C@@H]3[C@H]2[C@@H](c2ccc(OC)cc2)CN3C)cc1. The van der Waals surface area contributed by atoms with Gasteiger partial charge in [0, 0.05) is 25.0 Å². The number of rotatable bonds is 5. The van der Waals surface area contributed by atoms with Crippen molar-refractivity contribution in [3.63, 3.8) is 0 Å². The Morgan fingerprint density at radius 2 is 1.62 bits per heavy atom. The van der Waals surface area contributed by atoms with Crippen LogP contribution in [0.25, 0.3) is 0 Å². The van der Waals surface area contributed by atoms with Gasteiger partial charge in [-0.05, 0) is 55.3 Å². The molecule has 29 heavy (non-hydrogen) atoms. The van der Waals surface area contributed by atoms with E-state index in [4.69, 9.17) is 9.47 Å². The molecule has 2 fully saturated rings. The predicted octanol–water partition coefficient (Wildman–Crippen LogP) is 3.34. The van der Waals surface area contributed by atoms with E-state index in [0.29, 0.717) is 18.4 Å². The van der Waals surface area contributed by atoms with Crippen molar-refractivity contribution in [2.24, 2.45) is 0 Å². The molecule has 2 aliphatic heterocycles. The van der Waals surface area contributed by atoms with Gasteiger partial charge in [0.1, 0.15) is 11.5 Å². The van der Waals surface area contributed by atoms with Crippen LogP contribution in [0.4, 0.5) is 0 Å². The van der Waals surface area contributed by atoms with Gasteiger partial charge in [0.25, 0.3) is 0 Å². The van der Waals surface area contributed by atoms with Crippen LogP contribution in [-0.2, 0) is 11.2 Å². The number of piperidine rings is 1. The van der Waals surface area contributed by atoms with Gasteiger partial charge in [0.05, 0.1) is 26.7 Å². The number of amides is 1. The Morgan fingerprint density at radius 3 is 2.24 bits per heavy atom. The van der Waals surface area contributed by atoms with Gasteiger partial charge in [-0.3, -0.25) is 4.79 Å². The van der Waals surface area contributed by atoms with Crippen molar-refractivity contribution >= 4 is 5.91 Å². The molecule has 0 radical (unpaired) electrons. The largest absolute Gasteiger partial charge is 0.497 e. The lowest BCUT2D eigenvalue weighted by atomic mass is 9.85. The van der Waals surface area contributed by atoms with E-state index in [2.05, 4.69) is 29.0 Å². The Hall–Kier alpha value is -2.53. The smallest absolute Gasteiger partial charge is 0.227 e. The molecule has 154 valence electrons. The molecule has 0 aliphatic carbocycles. The molecule has 2 aliphatic rings. The minimum atomic E-state index is 0.221. The average Bonchev–Trinajstić information content (AvgIpc) is 3.11. The summed E-state index contributed by atoms with van der Waals surface area (Å²) in [5.41, 5.74) is 2.32. The maximum absolute atomic E-state index is 13.3. The van der Waals surface area contributed by atoms with Crippen molar-refractivity contribution in [1.82, 2.24) is 9.80 Å². The molecule has 0 N–H and O–H groups in total. The molecule has 2 aromatic rings. The van der Waals surface area contributed by atoms with Crippen LogP contribution < -0.4 is 9.47 Å². The van der Waals surface area contributed by atoms with Crippen molar-refractivity contribution in [2.75, 3.05) is 34.4 Å². The van der Waals surface area contributed by atoms with Gasteiger partial charge in [-0.2, -0.15) is 0 Å². The van der Waals surface area contributed by atoms with Crippen LogP contribution in [-0.4, -0.2) is 62.1 Å². The van der Waals surface area contributed by atoms with E-state index < -0.39 is 0 Å². The number of hydrogen-bond donors (Lipinski definition) is 0. The summed E-state index contributed by atoms with van der Waals surface area (Å²) >= 11 is 0. The minimum absolute atomic E-state index is 0.221. The second-order valence-corrected chi connectivity index (χ2v) is 8.13. The van der Waals surface area contributed by atoms with Crippen LogP contribution in [0.2, 0.25) is 0 Å². The number of nitrogens with zero attached hydrogens (tertiary/aromatic N) is 2. The lowest BCUT2D eigenvalue weighted by molar-refractivity contribution is -0.135. The third kappa shape index (κ3) is 3.97. The number of likely N-dealkylation sites (N-methyl/N-ethyl adjacent to an activating group) is 1. The van der Waals surface area contributed by atoms with Gasteiger partial charge in [0.2, 0.25) is 5.91 Å². The number of hydrogen-bond acceptors (Lipinski definition) is 4. The summed E-state index contributed by atoms with van der Waals surface area (Å²) in [6.45, 7) is 1.82. The van der Waals surface area contributed by atoms with Crippen LogP contribution in [0.5, 0.6) is 11.5 Å². The summed E-state index contributed by atoms with van der Waals surface area (Å²) in [6, 6.07) is 16.8. The quantitative estimate of drug-likeness (QED) is 0.780. The van der Waals surface area contributed by atoms with Gasteiger partial charge in [-0.15, -0.1) is 0 Å². The zero-order chi connectivity index (χ0) is 20.4. The molecule has 2 aromatic carbocycles. The Morgan fingerprint density at radius 1 is 1.00 bits per heavy atom. The number of ether oxygens (including phenoxy) is 2. The normalized spacial score (nSPS) is 24.2. The van der Waals surface area contributed by atoms with Crippen LogP contribution in [0, 0.1) is 0 Å². The number of benzene rings is 2. The fraction of sp³-hybridized carbons (Fsp3) is 0.458. The molecule has 0 aromatic heterocycles. The van der Waals surface area contributed by atoms with Gasteiger partial charge >= 0.3 is 0 Å². The van der Waals surface area contributed by atoms with Crippen molar-refractivity contribution in [3.05, 3.63) is 59.7 Å². The fourth-order valence-electron chi connectivity index (χ4n) is 4.98. The highest BCUT2D eigenvalue weighted by Crippen LogP contribution is 2.40. The molecule has 5 heteroatoms. The molecular formula is C24H30N2O3. The first-order valence-corrected chi connectivity index (χ1v) is 10.4. The molecule has 1 amide bonds. The third-order valence-corrected chi connectivity index (χ3v) is 6.49. The second kappa shape index (κ2) is 8.46. The summed E-state index contributed by atoms with van der Waals surface area (Å²) in [4.78, 5) is 17.9. The number of carbonyl (C=O) groups excluding carboxylic acids is 1. The number of fused-ring (bicyclic) bond motifs is 1. The molecule has 0 saturated carbocycles. The number of methoxy groups -OCH3 is 2. The molecule has 3 atom stereocenters. The van der Waals surface area contributed by atoms with E-state index >= 15 is 0 Å². The molecule has 2 heterocycles. The van der Waals surface area contributed by atoms with E-state index in [1.807, 2.05) is 36.4 Å². The fourth-order valence-corrected chi connectivity index (χ4v) is 4.98. The molecular weight excluding hydrogens is 364 g/mol. The Kier molecular flexibility index (Phi) is 5.76. The summed E-state index contributed by atoms with van der Waals surface area (Å²) in [5.74, 6) is 2.23. The summed E-state index contributed by atoms with van der Waals surface area (Å²) < 4.78 is 10.5. The van der Waals surface area contributed by atoms with Gasteiger partial charge in [-0.1, -0.05) is 24.3 Å². The summed E-state index contributed by atoms with van der Waals surface area (Å²) in [6.07, 6.45) is 2.65. The van der Waals surface area contributed by atoms with E-state index in [1.54, 1.807) is 14.2 Å². The standard InChI is InChI=1S/C24H30N2O3/c1-25-16-21(18-8-12-20(29-3)13-9-18)24-22(25)5-4-14-26(24)23(27)15-17-6-10-19(28-2)11-7-17/h6-13,21-22,24H,4-5,14-16H2,1-3H3/t21-,22-,24-/m1/s1. The molecule has 0 spiro atoms. The number of carbonyl (C=O) groups is 1. The topological polar surface area (TPSA) is 42.0 Å². The van der Waals surface area contributed by atoms with Crippen molar-refractivity contribution in [3.8, 4) is 11.5 Å². The molecule has 0 bridgehead atoms. The van der Waals surface area contributed by atoms with Crippen molar-refractivity contribution in [2.45, 2.75) is 37.3 Å². The highest BCUT2D eigenvalue weighted by molar-refractivity contribution is 5.79. The Labute approximate surface area is 173 Å². The second-order valence-electron chi connectivity index (χ2n) is 8.13. The van der Waals surface area contributed by atoms with Crippen LogP contribution in [0.1, 0.15) is 29.9 Å². The lowest BCUT2D eigenvalue weighted by Crippen LogP contribution is -2.53. The van der Waals surface area contributed by atoms with Crippen LogP contribution in [0.3, 0.4) is 0 Å². The zero-order valence-electron chi connectivity index (χ0n) is 17.5. The van der Waals surface area contributed by atoms with Gasteiger partial charge < -0.3 is 19.3 Å². The van der Waals surface area contributed by atoms with Gasteiger partial charge in [0.15, 0.2) is 0 Å². The summed E-state index contributed by atoms with van der Waals surface area (Å²) in [7, 11) is 5.54. The highest BCUT2D eigenvalue weighted by Gasteiger charge is 2.46. The van der Waals surface area contributed by atoms with Crippen molar-refractivity contribution < 1.29 is 14.3 Å². The predicted molar refractivity (Wildman–Crippen MR) is 114 cm³/mol.